The van der Waals surface area contributed by atoms with Crippen molar-refractivity contribution < 1.29 is 17.7 Å². The molecule has 8 heteroatoms. The minimum atomic E-state index is -3.27. The lowest BCUT2D eigenvalue weighted by Gasteiger charge is -2.18. The average molecular weight is 263 g/mol. The van der Waals surface area contributed by atoms with Gasteiger partial charge in [-0.25, -0.2) is 8.42 Å². The molecule has 2 unspecified atom stereocenters. The van der Waals surface area contributed by atoms with Gasteiger partial charge in [0.1, 0.15) is 10.8 Å². The Morgan fingerprint density at radius 1 is 1.59 bits per heavy atom. The molecular formula is C9H17N3O4S. The number of sulfone groups is 1. The summed E-state index contributed by atoms with van der Waals surface area (Å²) in [6.07, 6.45) is 1.11. The van der Waals surface area contributed by atoms with Gasteiger partial charge < -0.3 is 15.0 Å². The number of methoxy groups -OCH3 is 1. The number of nitrogens with two attached hydrogens (primary N) is 1. The molecule has 0 aliphatic rings. The first-order chi connectivity index (χ1) is 7.68. The van der Waals surface area contributed by atoms with E-state index in [9.17, 15) is 8.42 Å². The minimum Gasteiger partial charge on any atom is -0.382 e. The Morgan fingerprint density at radius 2 is 2.18 bits per heavy atom. The van der Waals surface area contributed by atoms with Gasteiger partial charge in [0.2, 0.25) is 5.89 Å². The molecule has 0 aliphatic carbocycles. The molecule has 17 heavy (non-hydrogen) atoms. The van der Waals surface area contributed by atoms with E-state index in [1.54, 1.807) is 6.92 Å². The highest BCUT2D eigenvalue weighted by Crippen LogP contribution is 2.22. The van der Waals surface area contributed by atoms with Gasteiger partial charge in [-0.3, -0.25) is 0 Å². The van der Waals surface area contributed by atoms with Gasteiger partial charge in [-0.05, 0) is 13.8 Å². The number of aromatic nitrogens is 2. The summed E-state index contributed by atoms with van der Waals surface area (Å²) in [6, 6.07) is 0. The van der Waals surface area contributed by atoms with Crippen LogP contribution in [0.2, 0.25) is 0 Å². The zero-order valence-electron chi connectivity index (χ0n) is 10.3. The highest BCUT2D eigenvalue weighted by molar-refractivity contribution is 7.90. The van der Waals surface area contributed by atoms with Crippen LogP contribution in [0.25, 0.3) is 0 Å². The number of hydrogen-bond acceptors (Lipinski definition) is 7. The van der Waals surface area contributed by atoms with Crippen molar-refractivity contribution >= 4 is 9.84 Å². The Balaban J connectivity index is 3.00. The molecule has 2 atom stereocenters. The molecule has 7 nitrogen and oxygen atoms in total. The van der Waals surface area contributed by atoms with E-state index in [4.69, 9.17) is 15.0 Å². The fraction of sp³-hybridized carbons (Fsp3) is 0.778. The highest BCUT2D eigenvalue weighted by Gasteiger charge is 2.30. The van der Waals surface area contributed by atoms with Crippen LogP contribution in [0.1, 0.15) is 30.8 Å². The van der Waals surface area contributed by atoms with Gasteiger partial charge in [-0.1, -0.05) is 5.16 Å². The van der Waals surface area contributed by atoms with Crippen molar-refractivity contribution in [3.8, 4) is 0 Å². The maximum atomic E-state index is 11.3. The fourth-order valence-corrected chi connectivity index (χ4v) is 1.64. The Morgan fingerprint density at radius 3 is 2.65 bits per heavy atom. The molecule has 0 aliphatic heterocycles. The topological polar surface area (TPSA) is 108 Å². The third kappa shape index (κ3) is 3.24. The van der Waals surface area contributed by atoms with Gasteiger partial charge in [-0.2, -0.15) is 4.98 Å². The van der Waals surface area contributed by atoms with E-state index < -0.39 is 20.6 Å². The smallest absolute Gasteiger partial charge is 0.244 e. The zero-order valence-corrected chi connectivity index (χ0v) is 11.1. The highest BCUT2D eigenvalue weighted by atomic mass is 32.2. The van der Waals surface area contributed by atoms with Gasteiger partial charge in [0, 0.05) is 13.4 Å². The predicted octanol–water partition coefficient (Wildman–Crippen LogP) is -0.00450. The molecule has 1 aromatic rings. The molecule has 0 bridgehead atoms. The van der Waals surface area contributed by atoms with Gasteiger partial charge in [0.15, 0.2) is 15.7 Å². The SMILES string of the molecule is COCC(C)(N)c1noc(C(C)S(C)(=O)=O)n1. The Labute approximate surface area is 100 Å². The van der Waals surface area contributed by atoms with E-state index in [1.165, 1.54) is 14.0 Å². The van der Waals surface area contributed by atoms with Crippen LogP contribution in [0.4, 0.5) is 0 Å². The molecular weight excluding hydrogens is 246 g/mol. The molecule has 98 valence electrons. The van der Waals surface area contributed by atoms with Crippen LogP contribution in [0.5, 0.6) is 0 Å². The third-order valence-electron chi connectivity index (χ3n) is 2.39. The summed E-state index contributed by atoms with van der Waals surface area (Å²) < 4.78 is 32.5. The Hall–Kier alpha value is -0.990. The van der Waals surface area contributed by atoms with Crippen LogP contribution in [0.3, 0.4) is 0 Å². The number of hydrogen-bond donors (Lipinski definition) is 1. The summed E-state index contributed by atoms with van der Waals surface area (Å²) in [6.45, 7) is 3.37. The van der Waals surface area contributed by atoms with Gasteiger partial charge in [0.05, 0.1) is 6.61 Å². The number of ether oxygens (including phenoxy) is 1. The summed E-state index contributed by atoms with van der Waals surface area (Å²) in [4.78, 5) is 4.00. The van der Waals surface area contributed by atoms with E-state index in [1.807, 2.05) is 0 Å². The second-order valence-corrected chi connectivity index (χ2v) is 6.64. The van der Waals surface area contributed by atoms with Crippen molar-refractivity contribution in [3.05, 3.63) is 11.7 Å². The molecule has 2 N–H and O–H groups in total. The normalized spacial score (nSPS) is 17.7. The molecule has 1 rings (SSSR count). The molecule has 0 spiro atoms. The molecule has 0 radical (unpaired) electrons. The van der Waals surface area contributed by atoms with Crippen molar-refractivity contribution in [1.82, 2.24) is 10.1 Å². The molecule has 1 heterocycles. The first-order valence-corrected chi connectivity index (χ1v) is 6.94. The van der Waals surface area contributed by atoms with Crippen LogP contribution in [0.15, 0.2) is 4.52 Å². The zero-order chi connectivity index (χ0) is 13.3. The van der Waals surface area contributed by atoms with Crippen LogP contribution >= 0.6 is 0 Å². The molecule has 0 fully saturated rings. The summed E-state index contributed by atoms with van der Waals surface area (Å²) in [5, 5.41) is 2.84. The number of nitrogens with zero attached hydrogens (tertiary/aromatic N) is 2. The fourth-order valence-electron chi connectivity index (χ4n) is 1.18. The standard InChI is InChI=1S/C9H17N3O4S/c1-6(17(4,13)14)7-11-8(12-16-7)9(2,10)5-15-3/h6H,5,10H2,1-4H3. The summed E-state index contributed by atoms with van der Waals surface area (Å²) in [5.74, 6) is 0.264. The van der Waals surface area contributed by atoms with E-state index in [-0.39, 0.29) is 18.3 Å². The first kappa shape index (κ1) is 14.1. The van der Waals surface area contributed by atoms with Crippen molar-refractivity contribution in [3.63, 3.8) is 0 Å². The molecule has 0 amide bonds. The van der Waals surface area contributed by atoms with Crippen molar-refractivity contribution in [2.24, 2.45) is 5.73 Å². The first-order valence-electron chi connectivity index (χ1n) is 4.99. The van der Waals surface area contributed by atoms with E-state index in [0.717, 1.165) is 6.26 Å². The summed E-state index contributed by atoms with van der Waals surface area (Å²) >= 11 is 0. The van der Waals surface area contributed by atoms with Crippen LogP contribution in [-0.2, 0) is 20.1 Å². The van der Waals surface area contributed by atoms with Crippen LogP contribution < -0.4 is 5.73 Å². The van der Waals surface area contributed by atoms with E-state index in [0.29, 0.717) is 0 Å². The second kappa shape index (κ2) is 4.71. The molecule has 1 aromatic heterocycles. The summed E-state index contributed by atoms with van der Waals surface area (Å²) in [7, 11) is -1.76. The van der Waals surface area contributed by atoms with Crippen molar-refractivity contribution in [2.45, 2.75) is 24.6 Å². The average Bonchev–Trinajstić information content (AvgIpc) is 2.64. The molecule has 0 saturated carbocycles. The van der Waals surface area contributed by atoms with Gasteiger partial charge >= 0.3 is 0 Å². The minimum absolute atomic E-state index is 0.0373. The lowest BCUT2D eigenvalue weighted by molar-refractivity contribution is 0.135. The Kier molecular flexibility index (Phi) is 3.90. The Bertz CT molecular complexity index is 480. The largest absolute Gasteiger partial charge is 0.382 e. The quantitative estimate of drug-likeness (QED) is 0.796. The van der Waals surface area contributed by atoms with Crippen molar-refractivity contribution in [2.75, 3.05) is 20.0 Å². The predicted molar refractivity (Wildman–Crippen MR) is 61.0 cm³/mol. The van der Waals surface area contributed by atoms with Crippen LogP contribution in [-0.4, -0.2) is 38.5 Å². The molecule has 0 saturated heterocycles. The third-order valence-corrected chi connectivity index (χ3v) is 3.87. The lowest BCUT2D eigenvalue weighted by atomic mass is 10.1. The lowest BCUT2D eigenvalue weighted by Crippen LogP contribution is -2.39. The van der Waals surface area contributed by atoms with Gasteiger partial charge in [0.25, 0.3) is 0 Å². The van der Waals surface area contributed by atoms with E-state index >= 15 is 0 Å². The van der Waals surface area contributed by atoms with E-state index in [2.05, 4.69) is 10.1 Å². The maximum Gasteiger partial charge on any atom is 0.244 e. The maximum absolute atomic E-state index is 11.3. The monoisotopic (exact) mass is 263 g/mol. The summed E-state index contributed by atoms with van der Waals surface area (Å²) in [5.41, 5.74) is 5.00. The number of rotatable bonds is 5. The van der Waals surface area contributed by atoms with Crippen molar-refractivity contribution in [1.29, 1.82) is 0 Å². The molecule has 0 aromatic carbocycles. The van der Waals surface area contributed by atoms with Crippen LogP contribution in [0, 0.1) is 0 Å². The second-order valence-electron chi connectivity index (χ2n) is 4.28. The van der Waals surface area contributed by atoms with Gasteiger partial charge in [-0.15, -0.1) is 0 Å².